The molecular weight excluding hydrogens is 420 g/mol. The molecule has 33 heavy (non-hydrogen) atoms. The van der Waals surface area contributed by atoms with Gasteiger partial charge in [-0.25, -0.2) is 0 Å². The van der Waals surface area contributed by atoms with Gasteiger partial charge in [0.25, 0.3) is 11.7 Å². The van der Waals surface area contributed by atoms with Gasteiger partial charge in [0.1, 0.15) is 17.3 Å². The van der Waals surface area contributed by atoms with Crippen LogP contribution in [0, 0.1) is 0 Å². The van der Waals surface area contributed by atoms with E-state index in [1.54, 1.807) is 36.4 Å². The number of aliphatic hydroxyl groups excluding tert-OH is 1. The van der Waals surface area contributed by atoms with Crippen molar-refractivity contribution in [3.8, 4) is 11.5 Å². The van der Waals surface area contributed by atoms with E-state index in [1.165, 1.54) is 17.0 Å². The number of aliphatic hydroxyl groups is 1. The number of benzene rings is 2. The first kappa shape index (κ1) is 24.3. The zero-order valence-electron chi connectivity index (χ0n) is 19.5. The molecule has 1 fully saturated rings. The van der Waals surface area contributed by atoms with Crippen LogP contribution in [0.5, 0.6) is 11.5 Å². The van der Waals surface area contributed by atoms with Crippen molar-refractivity contribution in [1.82, 2.24) is 9.80 Å². The van der Waals surface area contributed by atoms with Crippen molar-refractivity contribution in [2.24, 2.45) is 0 Å². The van der Waals surface area contributed by atoms with Crippen LogP contribution in [0.3, 0.4) is 0 Å². The van der Waals surface area contributed by atoms with Gasteiger partial charge in [-0.15, -0.1) is 0 Å². The van der Waals surface area contributed by atoms with E-state index in [-0.39, 0.29) is 17.1 Å². The summed E-state index contributed by atoms with van der Waals surface area (Å²) in [5, 5.41) is 20.8. The van der Waals surface area contributed by atoms with Crippen molar-refractivity contribution in [2.75, 3.05) is 33.8 Å². The summed E-state index contributed by atoms with van der Waals surface area (Å²) in [4.78, 5) is 29.5. The molecule has 1 aliphatic heterocycles. The topological polar surface area (TPSA) is 90.3 Å². The summed E-state index contributed by atoms with van der Waals surface area (Å²) in [6.07, 6.45) is 2.66. The fourth-order valence-corrected chi connectivity index (χ4v) is 3.87. The average Bonchev–Trinajstić information content (AvgIpc) is 3.04. The van der Waals surface area contributed by atoms with Gasteiger partial charge >= 0.3 is 0 Å². The second-order valence-corrected chi connectivity index (χ2v) is 8.47. The van der Waals surface area contributed by atoms with Gasteiger partial charge in [-0.2, -0.15) is 0 Å². The van der Waals surface area contributed by atoms with E-state index in [2.05, 4.69) is 6.92 Å². The Morgan fingerprint density at radius 2 is 1.70 bits per heavy atom. The third kappa shape index (κ3) is 5.73. The summed E-state index contributed by atoms with van der Waals surface area (Å²) in [5.41, 5.74) is 1.14. The summed E-state index contributed by atoms with van der Waals surface area (Å²) < 4.78 is 5.67. The van der Waals surface area contributed by atoms with Gasteiger partial charge in [0.15, 0.2) is 0 Å². The lowest BCUT2D eigenvalue weighted by molar-refractivity contribution is -0.139. The number of carbonyl (C=O) groups excluding carboxylic acids is 2. The zero-order chi connectivity index (χ0) is 24.0. The van der Waals surface area contributed by atoms with Crippen molar-refractivity contribution >= 4 is 17.4 Å². The van der Waals surface area contributed by atoms with Gasteiger partial charge in [-0.1, -0.05) is 25.5 Å². The number of phenols is 1. The predicted molar refractivity (Wildman–Crippen MR) is 127 cm³/mol. The molecule has 1 saturated heterocycles. The Morgan fingerprint density at radius 1 is 1.03 bits per heavy atom. The Morgan fingerprint density at radius 3 is 2.30 bits per heavy atom. The van der Waals surface area contributed by atoms with Crippen LogP contribution in [0.25, 0.3) is 5.76 Å². The second-order valence-electron chi connectivity index (χ2n) is 8.47. The maximum atomic E-state index is 13.0. The average molecular weight is 453 g/mol. The van der Waals surface area contributed by atoms with Gasteiger partial charge in [0, 0.05) is 12.1 Å². The van der Waals surface area contributed by atoms with Gasteiger partial charge in [0.05, 0.1) is 18.2 Å². The van der Waals surface area contributed by atoms with Crippen LogP contribution in [0.2, 0.25) is 0 Å². The molecule has 176 valence electrons. The first-order chi connectivity index (χ1) is 15.8. The van der Waals surface area contributed by atoms with Gasteiger partial charge < -0.3 is 24.7 Å². The molecule has 7 nitrogen and oxygen atoms in total. The minimum absolute atomic E-state index is 0.0511. The minimum Gasteiger partial charge on any atom is -0.508 e. The molecule has 2 aromatic carbocycles. The largest absolute Gasteiger partial charge is 0.508 e. The quantitative estimate of drug-likeness (QED) is 0.246. The van der Waals surface area contributed by atoms with Crippen LogP contribution < -0.4 is 4.74 Å². The molecule has 0 aromatic heterocycles. The number of ether oxygens (including phenoxy) is 1. The molecule has 1 aliphatic rings. The van der Waals surface area contributed by atoms with E-state index in [0.29, 0.717) is 36.4 Å². The SMILES string of the molecule is CCCCOc1ccc(/C(O)=C2/C(=O)C(=O)N(CCCN(C)C)C2c2ccc(O)cc2)cc1. The number of phenolic OH excluding ortho intramolecular Hbond substituents is 1. The van der Waals surface area contributed by atoms with Crippen molar-refractivity contribution in [1.29, 1.82) is 0 Å². The molecule has 0 saturated carbocycles. The third-order valence-electron chi connectivity index (χ3n) is 5.65. The molecular formula is C26H32N2O5. The summed E-state index contributed by atoms with van der Waals surface area (Å²) in [7, 11) is 3.89. The molecule has 2 N–H and O–H groups in total. The highest BCUT2D eigenvalue weighted by molar-refractivity contribution is 6.46. The zero-order valence-corrected chi connectivity index (χ0v) is 19.5. The number of ketones is 1. The summed E-state index contributed by atoms with van der Waals surface area (Å²) in [6, 6.07) is 12.5. The van der Waals surface area contributed by atoms with E-state index in [9.17, 15) is 19.8 Å². The molecule has 1 atom stereocenters. The molecule has 0 radical (unpaired) electrons. The molecule has 3 rings (SSSR count). The second kappa shape index (κ2) is 11.0. The summed E-state index contributed by atoms with van der Waals surface area (Å²) in [5.74, 6) is -0.797. The van der Waals surface area contributed by atoms with Crippen LogP contribution >= 0.6 is 0 Å². The summed E-state index contributed by atoms with van der Waals surface area (Å²) >= 11 is 0. The Bertz CT molecular complexity index is 996. The number of hydrogen-bond donors (Lipinski definition) is 2. The van der Waals surface area contributed by atoms with Crippen LogP contribution in [0.4, 0.5) is 0 Å². The highest BCUT2D eigenvalue weighted by atomic mass is 16.5. The molecule has 0 bridgehead atoms. The Balaban J connectivity index is 1.97. The molecule has 2 aromatic rings. The van der Waals surface area contributed by atoms with Crippen LogP contribution in [0.1, 0.15) is 43.4 Å². The lowest BCUT2D eigenvalue weighted by atomic mass is 9.95. The van der Waals surface area contributed by atoms with Crippen LogP contribution in [-0.2, 0) is 9.59 Å². The number of carbonyl (C=O) groups is 2. The van der Waals surface area contributed by atoms with Crippen molar-refractivity contribution in [3.63, 3.8) is 0 Å². The first-order valence-corrected chi connectivity index (χ1v) is 11.3. The van der Waals surface area contributed by atoms with Gasteiger partial charge in [-0.05, 0) is 75.4 Å². The number of Topliss-reactive ketones (excluding diaryl/α,β-unsaturated/α-hetero) is 1. The van der Waals surface area contributed by atoms with Crippen molar-refractivity contribution in [3.05, 3.63) is 65.2 Å². The lowest BCUT2D eigenvalue weighted by Crippen LogP contribution is -2.32. The van der Waals surface area contributed by atoms with Gasteiger partial charge in [0.2, 0.25) is 0 Å². The van der Waals surface area contributed by atoms with E-state index in [0.717, 1.165) is 19.4 Å². The highest BCUT2D eigenvalue weighted by Gasteiger charge is 2.45. The molecule has 0 aliphatic carbocycles. The number of nitrogens with zero attached hydrogens (tertiary/aromatic N) is 2. The van der Waals surface area contributed by atoms with Crippen molar-refractivity contribution in [2.45, 2.75) is 32.2 Å². The smallest absolute Gasteiger partial charge is 0.295 e. The fraction of sp³-hybridized carbons (Fsp3) is 0.385. The monoisotopic (exact) mass is 452 g/mol. The first-order valence-electron chi connectivity index (χ1n) is 11.3. The van der Waals surface area contributed by atoms with Crippen molar-refractivity contribution < 1.29 is 24.5 Å². The third-order valence-corrected chi connectivity index (χ3v) is 5.65. The maximum absolute atomic E-state index is 13.0. The summed E-state index contributed by atoms with van der Waals surface area (Å²) in [6.45, 7) is 3.83. The van der Waals surface area contributed by atoms with Gasteiger partial charge in [-0.3, -0.25) is 9.59 Å². The van der Waals surface area contributed by atoms with E-state index >= 15 is 0 Å². The predicted octanol–water partition coefficient (Wildman–Crippen LogP) is 3.94. The lowest BCUT2D eigenvalue weighted by Gasteiger charge is -2.26. The normalized spacial score (nSPS) is 17.7. The minimum atomic E-state index is -0.728. The molecule has 1 amide bonds. The maximum Gasteiger partial charge on any atom is 0.295 e. The number of amides is 1. The highest BCUT2D eigenvalue weighted by Crippen LogP contribution is 2.40. The molecule has 1 unspecified atom stereocenters. The Kier molecular flexibility index (Phi) is 8.11. The molecule has 1 heterocycles. The van der Waals surface area contributed by atoms with E-state index < -0.39 is 17.7 Å². The number of aromatic hydroxyl groups is 1. The molecule has 7 heteroatoms. The van der Waals surface area contributed by atoms with E-state index in [1.807, 2.05) is 19.0 Å². The molecule has 0 spiro atoms. The number of likely N-dealkylation sites (tertiary alicyclic amines) is 1. The van der Waals surface area contributed by atoms with Crippen LogP contribution in [0.15, 0.2) is 54.1 Å². The van der Waals surface area contributed by atoms with E-state index in [4.69, 9.17) is 4.74 Å². The Hall–Kier alpha value is -3.32. The number of unbranched alkanes of at least 4 members (excludes halogenated alkanes) is 1. The Labute approximate surface area is 194 Å². The fourth-order valence-electron chi connectivity index (χ4n) is 3.87. The number of hydrogen-bond acceptors (Lipinski definition) is 6. The standard InChI is InChI=1S/C26H32N2O5/c1-4-5-17-33-21-13-9-19(10-14-21)24(30)22-23(18-7-11-20(29)12-8-18)28(26(32)25(22)31)16-6-15-27(2)3/h7-14,23,29-30H,4-6,15-17H2,1-3H3/b24-22-. The van der Waals surface area contributed by atoms with Crippen LogP contribution in [-0.4, -0.2) is 65.5 Å². The number of rotatable bonds is 10.